The number of hydrogen-bond acceptors (Lipinski definition) is 5. The van der Waals surface area contributed by atoms with Crippen LogP contribution in [0, 0.1) is 11.3 Å². The smallest absolute Gasteiger partial charge is 0.311 e. The van der Waals surface area contributed by atoms with Crippen molar-refractivity contribution in [1.82, 2.24) is 0 Å². The van der Waals surface area contributed by atoms with Crippen LogP contribution in [-0.2, 0) is 19.3 Å². The third kappa shape index (κ3) is 4.83. The summed E-state index contributed by atoms with van der Waals surface area (Å²) in [6.07, 6.45) is 6.47. The summed E-state index contributed by atoms with van der Waals surface area (Å²) in [5.41, 5.74) is 2.38. The van der Waals surface area contributed by atoms with Crippen molar-refractivity contribution in [2.24, 2.45) is 11.3 Å². The second kappa shape index (κ2) is 8.19. The normalized spacial score (nSPS) is 30.9. The fourth-order valence-electron chi connectivity index (χ4n) is 4.16. The minimum Gasteiger partial charge on any atom is -0.469 e. The largest absolute Gasteiger partial charge is 0.469 e. The number of carbonyl (C=O) groups excluding carboxylic acids is 1. The van der Waals surface area contributed by atoms with Crippen molar-refractivity contribution >= 4 is 5.97 Å². The van der Waals surface area contributed by atoms with Gasteiger partial charge >= 0.3 is 5.97 Å². The molecule has 1 saturated heterocycles. The summed E-state index contributed by atoms with van der Waals surface area (Å²) in [7, 11) is 1.39. The Morgan fingerprint density at radius 1 is 1.36 bits per heavy atom. The Morgan fingerprint density at radius 3 is 2.64 bits per heavy atom. The van der Waals surface area contributed by atoms with Crippen LogP contribution < -0.4 is 0 Å². The van der Waals surface area contributed by atoms with Gasteiger partial charge in [0.1, 0.15) is 11.7 Å². The molecule has 0 amide bonds. The quantitative estimate of drug-likeness (QED) is 0.444. The highest BCUT2D eigenvalue weighted by atomic mass is 17.2. The van der Waals surface area contributed by atoms with Crippen molar-refractivity contribution in [3.63, 3.8) is 0 Å². The lowest BCUT2D eigenvalue weighted by Crippen LogP contribution is -2.42. The van der Waals surface area contributed by atoms with Gasteiger partial charge in [-0.3, -0.25) is 4.79 Å². The molecule has 0 aromatic heterocycles. The molecule has 0 unspecified atom stereocenters. The van der Waals surface area contributed by atoms with E-state index < -0.39 is 0 Å². The summed E-state index contributed by atoms with van der Waals surface area (Å²) >= 11 is 0. The van der Waals surface area contributed by atoms with Crippen molar-refractivity contribution in [1.29, 1.82) is 0 Å². The van der Waals surface area contributed by atoms with Gasteiger partial charge in [-0.25, -0.2) is 9.78 Å². The van der Waals surface area contributed by atoms with Crippen LogP contribution in [0.2, 0.25) is 0 Å². The minimum absolute atomic E-state index is 0.143. The highest BCUT2D eigenvalue weighted by Gasteiger charge is 2.39. The van der Waals surface area contributed by atoms with E-state index in [0.717, 1.165) is 38.5 Å². The second-order valence-electron chi connectivity index (χ2n) is 8.50. The number of hydrogen-bond donors (Lipinski definition) is 1. The van der Waals surface area contributed by atoms with Crippen LogP contribution in [0.3, 0.4) is 0 Å². The number of rotatable bonds is 6. The summed E-state index contributed by atoms with van der Waals surface area (Å²) in [6.45, 7) is 8.58. The molecule has 25 heavy (non-hydrogen) atoms. The van der Waals surface area contributed by atoms with Crippen LogP contribution in [0.15, 0.2) is 11.1 Å². The lowest BCUT2D eigenvalue weighted by Gasteiger charge is -2.40. The molecule has 3 atom stereocenters. The van der Waals surface area contributed by atoms with Gasteiger partial charge in [-0.1, -0.05) is 19.4 Å². The molecule has 1 aliphatic carbocycles. The van der Waals surface area contributed by atoms with Gasteiger partial charge in [-0.05, 0) is 69.8 Å². The molecule has 1 fully saturated rings. The number of aliphatic hydroxyl groups is 1. The molecular formula is C20H34O5. The van der Waals surface area contributed by atoms with Gasteiger partial charge in [0.15, 0.2) is 0 Å². The second-order valence-corrected chi connectivity index (χ2v) is 8.50. The Kier molecular flexibility index (Phi) is 6.68. The predicted molar refractivity (Wildman–Crippen MR) is 95.8 cm³/mol. The van der Waals surface area contributed by atoms with Crippen molar-refractivity contribution < 1.29 is 24.4 Å². The summed E-state index contributed by atoms with van der Waals surface area (Å²) in [5.74, 6) is -0.588. The Hall–Kier alpha value is -0.910. The minimum atomic E-state index is -0.354. The first-order chi connectivity index (χ1) is 11.7. The summed E-state index contributed by atoms with van der Waals surface area (Å²) in [4.78, 5) is 22.9. The van der Waals surface area contributed by atoms with Gasteiger partial charge in [0, 0.05) is 0 Å². The SMILES string of the molecule is COC(=O)[C@H](C)[C@H]1CC[C@@](C)(CCC2=C(CO)CCCC2(C)C)OO1. The highest BCUT2D eigenvalue weighted by molar-refractivity contribution is 5.72. The maximum atomic E-state index is 11.7. The third-order valence-corrected chi connectivity index (χ3v) is 6.08. The first kappa shape index (κ1) is 20.4. The molecule has 0 aromatic rings. The lowest BCUT2D eigenvalue weighted by molar-refractivity contribution is -0.411. The molecule has 5 nitrogen and oxygen atoms in total. The van der Waals surface area contributed by atoms with E-state index in [1.165, 1.54) is 24.7 Å². The van der Waals surface area contributed by atoms with Crippen molar-refractivity contribution in [2.45, 2.75) is 84.3 Å². The molecule has 0 aromatic carbocycles. The average molecular weight is 354 g/mol. The van der Waals surface area contributed by atoms with E-state index in [0.29, 0.717) is 0 Å². The van der Waals surface area contributed by atoms with Gasteiger partial charge in [-0.2, -0.15) is 0 Å². The van der Waals surface area contributed by atoms with E-state index in [1.807, 2.05) is 6.92 Å². The van der Waals surface area contributed by atoms with E-state index in [1.54, 1.807) is 0 Å². The molecule has 2 rings (SSSR count). The summed E-state index contributed by atoms with van der Waals surface area (Å²) in [6, 6.07) is 0. The maximum absolute atomic E-state index is 11.7. The standard InChI is InChI=1S/C20H34O5/c1-14(18(22)23-5)17-9-12-20(4,25-24-17)11-8-16-15(13-21)7-6-10-19(16,2)3/h14,17,21H,6-13H2,1-5H3/t14-,17-,20-/m1/s1. The zero-order chi connectivity index (χ0) is 18.7. The topological polar surface area (TPSA) is 65.0 Å². The van der Waals surface area contributed by atoms with E-state index >= 15 is 0 Å². The fourth-order valence-corrected chi connectivity index (χ4v) is 4.16. The molecule has 0 spiro atoms. The van der Waals surface area contributed by atoms with Crippen LogP contribution >= 0.6 is 0 Å². The molecule has 0 saturated carbocycles. The first-order valence-corrected chi connectivity index (χ1v) is 9.47. The fraction of sp³-hybridized carbons (Fsp3) is 0.850. The Bertz CT molecular complexity index is 500. The highest BCUT2D eigenvalue weighted by Crippen LogP contribution is 2.44. The third-order valence-electron chi connectivity index (χ3n) is 6.08. The van der Waals surface area contributed by atoms with Crippen molar-refractivity contribution in [2.75, 3.05) is 13.7 Å². The van der Waals surface area contributed by atoms with E-state index in [2.05, 4.69) is 20.8 Å². The molecule has 1 N–H and O–H groups in total. The average Bonchev–Trinajstić information content (AvgIpc) is 2.59. The molecule has 2 aliphatic rings. The summed E-state index contributed by atoms with van der Waals surface area (Å²) < 4.78 is 4.79. The first-order valence-electron chi connectivity index (χ1n) is 9.47. The van der Waals surface area contributed by atoms with Gasteiger partial charge in [0.05, 0.1) is 19.6 Å². The zero-order valence-corrected chi connectivity index (χ0v) is 16.4. The van der Waals surface area contributed by atoms with Crippen LogP contribution in [0.5, 0.6) is 0 Å². The number of methoxy groups -OCH3 is 1. The lowest BCUT2D eigenvalue weighted by atomic mass is 9.70. The Balaban J connectivity index is 1.95. The van der Waals surface area contributed by atoms with Crippen LogP contribution in [-0.4, -0.2) is 36.5 Å². The van der Waals surface area contributed by atoms with Crippen LogP contribution in [0.4, 0.5) is 0 Å². The van der Waals surface area contributed by atoms with E-state index in [-0.39, 0.29) is 35.6 Å². The Labute approximate surface area is 151 Å². The van der Waals surface area contributed by atoms with Gasteiger partial charge in [0.25, 0.3) is 0 Å². The zero-order valence-electron chi connectivity index (χ0n) is 16.4. The van der Waals surface area contributed by atoms with Crippen LogP contribution in [0.25, 0.3) is 0 Å². The van der Waals surface area contributed by atoms with Gasteiger partial charge in [-0.15, -0.1) is 0 Å². The number of aliphatic hydroxyl groups excluding tert-OH is 1. The predicted octanol–water partition coefficient (Wildman–Crippen LogP) is 3.94. The molecule has 144 valence electrons. The van der Waals surface area contributed by atoms with Crippen molar-refractivity contribution in [3.8, 4) is 0 Å². The van der Waals surface area contributed by atoms with E-state index in [9.17, 15) is 9.90 Å². The number of ether oxygens (including phenoxy) is 1. The van der Waals surface area contributed by atoms with E-state index in [4.69, 9.17) is 14.5 Å². The summed E-state index contributed by atoms with van der Waals surface area (Å²) in [5, 5.41) is 9.71. The molecule has 0 radical (unpaired) electrons. The molecular weight excluding hydrogens is 320 g/mol. The molecule has 0 bridgehead atoms. The molecule has 5 heteroatoms. The number of allylic oxidation sites excluding steroid dienone is 1. The number of carbonyl (C=O) groups is 1. The monoisotopic (exact) mass is 354 g/mol. The molecule has 1 heterocycles. The van der Waals surface area contributed by atoms with Crippen LogP contribution in [0.1, 0.15) is 72.6 Å². The van der Waals surface area contributed by atoms with Gasteiger partial charge < -0.3 is 9.84 Å². The van der Waals surface area contributed by atoms with Crippen molar-refractivity contribution in [3.05, 3.63) is 11.1 Å². The van der Waals surface area contributed by atoms with Gasteiger partial charge in [0.2, 0.25) is 0 Å². The Morgan fingerprint density at radius 2 is 2.08 bits per heavy atom. The maximum Gasteiger partial charge on any atom is 0.311 e. The number of esters is 1. The molecule has 1 aliphatic heterocycles.